The van der Waals surface area contributed by atoms with Crippen molar-refractivity contribution in [3.8, 4) is 0 Å². The van der Waals surface area contributed by atoms with Gasteiger partial charge in [-0.2, -0.15) is 0 Å². The molecule has 1 aliphatic carbocycles. The van der Waals surface area contributed by atoms with E-state index >= 15 is 0 Å². The van der Waals surface area contributed by atoms with Gasteiger partial charge in [0.05, 0.1) is 6.04 Å². The molecular weight excluding hydrogens is 300 g/mol. The number of aryl methyl sites for hydroxylation is 1. The van der Waals surface area contributed by atoms with Gasteiger partial charge in [0.1, 0.15) is 0 Å². The Morgan fingerprint density at radius 3 is 2.33 bits per heavy atom. The third-order valence-electron chi connectivity index (χ3n) is 4.36. The maximum atomic E-state index is 12.4. The van der Waals surface area contributed by atoms with Crippen molar-refractivity contribution in [2.24, 2.45) is 5.92 Å². The number of carbonyl (C=O) groups excluding carboxylic acids is 2. The number of anilines is 1. The molecule has 0 heterocycles. The van der Waals surface area contributed by atoms with E-state index in [0.717, 1.165) is 29.7 Å². The second kappa shape index (κ2) is 6.87. The predicted octanol–water partition coefficient (Wildman–Crippen LogP) is 3.83. The van der Waals surface area contributed by atoms with Crippen LogP contribution < -0.4 is 10.6 Å². The van der Waals surface area contributed by atoms with Crippen LogP contribution in [0.3, 0.4) is 0 Å². The molecule has 1 unspecified atom stereocenters. The van der Waals surface area contributed by atoms with Gasteiger partial charge in [0.15, 0.2) is 0 Å². The first kappa shape index (κ1) is 16.2. The second-order valence-electron chi connectivity index (χ2n) is 6.40. The van der Waals surface area contributed by atoms with Crippen LogP contribution in [0.5, 0.6) is 0 Å². The molecule has 4 heteroatoms. The van der Waals surface area contributed by atoms with Gasteiger partial charge in [0.25, 0.3) is 5.91 Å². The summed E-state index contributed by atoms with van der Waals surface area (Å²) < 4.78 is 0. The van der Waals surface area contributed by atoms with E-state index in [2.05, 4.69) is 10.6 Å². The van der Waals surface area contributed by atoms with Crippen LogP contribution >= 0.6 is 0 Å². The van der Waals surface area contributed by atoms with Crippen molar-refractivity contribution < 1.29 is 9.59 Å². The largest absolute Gasteiger partial charge is 0.346 e. The fourth-order valence-corrected chi connectivity index (χ4v) is 2.63. The normalized spacial score (nSPS) is 14.8. The summed E-state index contributed by atoms with van der Waals surface area (Å²) in [4.78, 5) is 24.1. The quantitative estimate of drug-likeness (QED) is 0.879. The van der Waals surface area contributed by atoms with Gasteiger partial charge in [0, 0.05) is 17.2 Å². The number of benzene rings is 2. The van der Waals surface area contributed by atoms with Crippen molar-refractivity contribution in [1.82, 2.24) is 5.32 Å². The highest BCUT2D eigenvalue weighted by Gasteiger charge is 2.29. The van der Waals surface area contributed by atoms with E-state index < -0.39 is 0 Å². The number of nitrogens with one attached hydrogen (secondary N) is 2. The minimum absolute atomic E-state index is 0.0771. The maximum Gasteiger partial charge on any atom is 0.252 e. The molecule has 3 rings (SSSR count). The summed E-state index contributed by atoms with van der Waals surface area (Å²) in [5.41, 5.74) is 3.45. The molecule has 24 heavy (non-hydrogen) atoms. The highest BCUT2D eigenvalue weighted by atomic mass is 16.2. The van der Waals surface area contributed by atoms with Crippen LogP contribution in [0.4, 0.5) is 5.69 Å². The lowest BCUT2D eigenvalue weighted by molar-refractivity contribution is -0.117. The summed E-state index contributed by atoms with van der Waals surface area (Å²) in [6.07, 6.45) is 1.98. The summed E-state index contributed by atoms with van der Waals surface area (Å²) >= 11 is 0. The van der Waals surface area contributed by atoms with Gasteiger partial charge in [-0.15, -0.1) is 0 Å². The van der Waals surface area contributed by atoms with Gasteiger partial charge < -0.3 is 10.6 Å². The molecule has 2 aromatic rings. The first-order valence-electron chi connectivity index (χ1n) is 8.32. The van der Waals surface area contributed by atoms with E-state index in [9.17, 15) is 9.59 Å². The predicted molar refractivity (Wildman–Crippen MR) is 94.9 cm³/mol. The van der Waals surface area contributed by atoms with Crippen LogP contribution in [0, 0.1) is 12.8 Å². The summed E-state index contributed by atoms with van der Waals surface area (Å²) in [5, 5.41) is 5.93. The molecule has 0 bridgehead atoms. The number of amides is 2. The van der Waals surface area contributed by atoms with Crippen molar-refractivity contribution in [3.63, 3.8) is 0 Å². The summed E-state index contributed by atoms with van der Waals surface area (Å²) in [5.74, 6) is 0.215. The van der Waals surface area contributed by atoms with E-state index in [4.69, 9.17) is 0 Å². The SMILES string of the molecule is Cc1ccccc1C(=O)NC(C)c1ccc(NC(=O)C2CC2)cc1. The summed E-state index contributed by atoms with van der Waals surface area (Å²) in [7, 11) is 0. The number of hydrogen-bond acceptors (Lipinski definition) is 2. The van der Waals surface area contributed by atoms with E-state index in [1.807, 2.05) is 62.4 Å². The van der Waals surface area contributed by atoms with E-state index in [1.54, 1.807) is 0 Å². The van der Waals surface area contributed by atoms with Gasteiger partial charge in [-0.1, -0.05) is 30.3 Å². The third kappa shape index (κ3) is 3.82. The molecule has 2 aromatic carbocycles. The lowest BCUT2D eigenvalue weighted by Crippen LogP contribution is -2.27. The minimum Gasteiger partial charge on any atom is -0.346 e. The zero-order chi connectivity index (χ0) is 17.1. The van der Waals surface area contributed by atoms with E-state index in [0.29, 0.717) is 5.56 Å². The number of rotatable bonds is 5. The molecular formula is C20H22N2O2. The Balaban J connectivity index is 1.62. The smallest absolute Gasteiger partial charge is 0.252 e. The molecule has 1 aliphatic rings. The maximum absolute atomic E-state index is 12.4. The standard InChI is InChI=1S/C20H22N2O2/c1-13-5-3-4-6-18(13)20(24)21-14(2)15-9-11-17(12-10-15)22-19(23)16-7-8-16/h3-6,9-12,14,16H,7-8H2,1-2H3,(H,21,24)(H,22,23). The molecule has 4 nitrogen and oxygen atoms in total. The summed E-state index contributed by atoms with van der Waals surface area (Å²) in [6.45, 7) is 3.88. The molecule has 124 valence electrons. The highest BCUT2D eigenvalue weighted by Crippen LogP contribution is 2.30. The Kier molecular flexibility index (Phi) is 4.65. The third-order valence-corrected chi connectivity index (χ3v) is 4.36. The molecule has 0 aliphatic heterocycles. The number of hydrogen-bond donors (Lipinski definition) is 2. The average Bonchev–Trinajstić information content (AvgIpc) is 3.40. The van der Waals surface area contributed by atoms with Gasteiger partial charge >= 0.3 is 0 Å². The molecule has 2 amide bonds. The zero-order valence-electron chi connectivity index (χ0n) is 14.0. The van der Waals surface area contributed by atoms with E-state index in [1.165, 1.54) is 0 Å². The Hall–Kier alpha value is -2.62. The van der Waals surface area contributed by atoms with Crippen LogP contribution in [0.1, 0.15) is 47.3 Å². The van der Waals surface area contributed by atoms with Gasteiger partial charge in [-0.05, 0) is 56.0 Å². The van der Waals surface area contributed by atoms with Crippen molar-refractivity contribution in [1.29, 1.82) is 0 Å². The zero-order valence-corrected chi connectivity index (χ0v) is 14.0. The molecule has 1 saturated carbocycles. The minimum atomic E-state index is -0.106. The van der Waals surface area contributed by atoms with Crippen LogP contribution in [-0.2, 0) is 4.79 Å². The summed E-state index contributed by atoms with van der Waals surface area (Å²) in [6, 6.07) is 15.1. The highest BCUT2D eigenvalue weighted by molar-refractivity contribution is 5.96. The molecule has 1 atom stereocenters. The molecule has 0 spiro atoms. The lowest BCUT2D eigenvalue weighted by atomic mass is 10.1. The van der Waals surface area contributed by atoms with Crippen molar-refractivity contribution in [2.45, 2.75) is 32.7 Å². The monoisotopic (exact) mass is 322 g/mol. The van der Waals surface area contributed by atoms with Gasteiger partial charge in [-0.25, -0.2) is 0 Å². The fraction of sp³-hybridized carbons (Fsp3) is 0.300. The first-order valence-corrected chi connectivity index (χ1v) is 8.32. The molecule has 0 radical (unpaired) electrons. The Morgan fingerprint density at radius 2 is 1.71 bits per heavy atom. The average molecular weight is 322 g/mol. The Morgan fingerprint density at radius 1 is 1.04 bits per heavy atom. The Labute approximate surface area is 142 Å². The van der Waals surface area contributed by atoms with Crippen LogP contribution in [0.25, 0.3) is 0 Å². The van der Waals surface area contributed by atoms with Crippen LogP contribution in [0.15, 0.2) is 48.5 Å². The van der Waals surface area contributed by atoms with E-state index in [-0.39, 0.29) is 23.8 Å². The van der Waals surface area contributed by atoms with Gasteiger partial charge in [0.2, 0.25) is 5.91 Å². The van der Waals surface area contributed by atoms with Gasteiger partial charge in [-0.3, -0.25) is 9.59 Å². The Bertz CT molecular complexity index is 748. The van der Waals surface area contributed by atoms with Crippen molar-refractivity contribution in [3.05, 3.63) is 65.2 Å². The van der Waals surface area contributed by atoms with Crippen LogP contribution in [-0.4, -0.2) is 11.8 Å². The molecule has 2 N–H and O–H groups in total. The fourth-order valence-electron chi connectivity index (χ4n) is 2.63. The first-order chi connectivity index (χ1) is 11.5. The molecule has 0 saturated heterocycles. The lowest BCUT2D eigenvalue weighted by Gasteiger charge is -2.16. The molecule has 1 fully saturated rings. The second-order valence-corrected chi connectivity index (χ2v) is 6.40. The molecule has 0 aromatic heterocycles. The topological polar surface area (TPSA) is 58.2 Å². The van der Waals surface area contributed by atoms with Crippen molar-refractivity contribution in [2.75, 3.05) is 5.32 Å². The van der Waals surface area contributed by atoms with Crippen LogP contribution in [0.2, 0.25) is 0 Å². The number of carbonyl (C=O) groups is 2. The van der Waals surface area contributed by atoms with Crippen molar-refractivity contribution >= 4 is 17.5 Å².